The smallest absolute Gasteiger partial charge is 0.222 e. The predicted octanol–water partition coefficient (Wildman–Crippen LogP) is 5.71. The van der Waals surface area contributed by atoms with E-state index < -0.39 is 0 Å². The molecule has 126 valence electrons. The summed E-state index contributed by atoms with van der Waals surface area (Å²) >= 11 is 0. The van der Waals surface area contributed by atoms with Gasteiger partial charge in [-0.2, -0.15) is 0 Å². The second-order valence-corrected chi connectivity index (χ2v) is 7.16. The van der Waals surface area contributed by atoms with Crippen LogP contribution >= 0.6 is 0 Å². The Hall–Kier alpha value is -0.530. The molecule has 0 aromatic rings. The topological polar surface area (TPSA) is 29.1 Å². The molecule has 0 spiro atoms. The Morgan fingerprint density at radius 1 is 0.714 bits per heavy atom. The van der Waals surface area contributed by atoms with E-state index in [0.717, 1.165) is 18.9 Å². The van der Waals surface area contributed by atoms with Gasteiger partial charge in [0.2, 0.25) is 5.91 Å². The summed E-state index contributed by atoms with van der Waals surface area (Å²) in [5.74, 6) is 1.17. The molecule has 0 aliphatic rings. The average molecular weight is 298 g/mol. The van der Waals surface area contributed by atoms with Gasteiger partial charge in [-0.3, -0.25) is 4.79 Å². The zero-order valence-electron chi connectivity index (χ0n) is 15.0. The van der Waals surface area contributed by atoms with E-state index in [2.05, 4.69) is 19.2 Å². The van der Waals surface area contributed by atoms with Crippen molar-refractivity contribution in [3.63, 3.8) is 0 Å². The first kappa shape index (κ1) is 20.5. The van der Waals surface area contributed by atoms with Crippen molar-refractivity contribution < 1.29 is 4.79 Å². The summed E-state index contributed by atoms with van der Waals surface area (Å²) in [5.41, 5.74) is 0. The molecule has 0 aromatic carbocycles. The molecule has 0 aliphatic heterocycles. The Kier molecular flexibility index (Phi) is 14.0. The van der Waals surface area contributed by atoms with E-state index in [1.807, 2.05) is 13.8 Å². The molecule has 1 amide bonds. The molecule has 2 heteroatoms. The molecule has 0 fully saturated rings. The van der Waals surface area contributed by atoms with Gasteiger partial charge in [-0.15, -0.1) is 0 Å². The minimum absolute atomic E-state index is 0.116. The fraction of sp³-hybridized carbons (Fsp3) is 0.947. The molecule has 21 heavy (non-hydrogen) atoms. The van der Waals surface area contributed by atoms with E-state index in [1.54, 1.807) is 0 Å². The number of amides is 1. The highest BCUT2D eigenvalue weighted by Crippen LogP contribution is 2.13. The van der Waals surface area contributed by atoms with Gasteiger partial charge in [0.25, 0.3) is 0 Å². The quantitative estimate of drug-likeness (QED) is 0.409. The minimum Gasteiger partial charge on any atom is -0.356 e. The lowest BCUT2D eigenvalue weighted by molar-refractivity contribution is -0.123. The van der Waals surface area contributed by atoms with Crippen molar-refractivity contribution in [2.75, 3.05) is 6.54 Å². The van der Waals surface area contributed by atoms with Gasteiger partial charge in [-0.1, -0.05) is 91.9 Å². The van der Waals surface area contributed by atoms with Gasteiger partial charge in [0.05, 0.1) is 0 Å². The molecule has 0 rings (SSSR count). The van der Waals surface area contributed by atoms with E-state index in [4.69, 9.17) is 0 Å². The maximum Gasteiger partial charge on any atom is 0.222 e. The van der Waals surface area contributed by atoms with Crippen LogP contribution in [0.25, 0.3) is 0 Å². The Morgan fingerprint density at radius 2 is 1.14 bits per heavy atom. The molecule has 0 heterocycles. The van der Waals surface area contributed by atoms with Crippen molar-refractivity contribution in [2.45, 2.75) is 98.3 Å². The van der Waals surface area contributed by atoms with Crippen molar-refractivity contribution in [3.8, 4) is 0 Å². The van der Waals surface area contributed by atoms with Crippen LogP contribution in [0.4, 0.5) is 0 Å². The van der Waals surface area contributed by atoms with Gasteiger partial charge in [0, 0.05) is 12.5 Å². The number of hydrogen-bond donors (Lipinski definition) is 1. The number of hydrogen-bond acceptors (Lipinski definition) is 1. The van der Waals surface area contributed by atoms with Gasteiger partial charge in [-0.05, 0) is 12.3 Å². The standard InChI is InChI=1S/C19H39NO/c1-17(2)15-13-11-9-7-5-6-8-10-12-14-16-20-19(21)18(3)4/h17-18H,5-16H2,1-4H3,(H,20,21). The van der Waals surface area contributed by atoms with Crippen LogP contribution in [0.2, 0.25) is 0 Å². The van der Waals surface area contributed by atoms with E-state index in [-0.39, 0.29) is 11.8 Å². The maximum absolute atomic E-state index is 11.4. The summed E-state index contributed by atoms with van der Waals surface area (Å²) < 4.78 is 0. The summed E-state index contributed by atoms with van der Waals surface area (Å²) in [6, 6.07) is 0. The third kappa shape index (κ3) is 15.7. The predicted molar refractivity (Wildman–Crippen MR) is 93.5 cm³/mol. The SMILES string of the molecule is CC(C)CCCCCCCCCCCCNC(=O)C(C)C. The van der Waals surface area contributed by atoms with Gasteiger partial charge in [0.15, 0.2) is 0 Å². The summed E-state index contributed by atoms with van der Waals surface area (Å²) in [6.07, 6.45) is 15.0. The molecule has 0 unspecified atom stereocenters. The number of carbonyl (C=O) groups is 1. The Labute approximate surface area is 133 Å². The first-order chi connectivity index (χ1) is 10.0. The third-order valence-corrected chi connectivity index (χ3v) is 4.03. The Bertz CT molecular complexity index is 236. The number of nitrogens with one attached hydrogen (secondary N) is 1. The van der Waals surface area contributed by atoms with Gasteiger partial charge in [-0.25, -0.2) is 0 Å². The van der Waals surface area contributed by atoms with E-state index in [9.17, 15) is 4.79 Å². The van der Waals surface area contributed by atoms with Gasteiger partial charge in [0.1, 0.15) is 0 Å². The third-order valence-electron chi connectivity index (χ3n) is 4.03. The zero-order chi connectivity index (χ0) is 15.9. The van der Waals surface area contributed by atoms with Crippen molar-refractivity contribution in [1.82, 2.24) is 5.32 Å². The molecular weight excluding hydrogens is 258 g/mol. The van der Waals surface area contributed by atoms with Crippen molar-refractivity contribution in [1.29, 1.82) is 0 Å². The lowest BCUT2D eigenvalue weighted by Gasteiger charge is -2.07. The van der Waals surface area contributed by atoms with Gasteiger partial charge >= 0.3 is 0 Å². The van der Waals surface area contributed by atoms with E-state index in [0.29, 0.717) is 0 Å². The van der Waals surface area contributed by atoms with Crippen LogP contribution < -0.4 is 5.32 Å². The molecule has 0 bridgehead atoms. The van der Waals surface area contributed by atoms with Crippen LogP contribution in [0.1, 0.15) is 98.3 Å². The van der Waals surface area contributed by atoms with E-state index >= 15 is 0 Å². The second-order valence-electron chi connectivity index (χ2n) is 7.16. The highest BCUT2D eigenvalue weighted by Gasteiger charge is 2.04. The minimum atomic E-state index is 0.116. The molecular formula is C19H39NO. The van der Waals surface area contributed by atoms with Gasteiger partial charge < -0.3 is 5.32 Å². The Balaban J connectivity index is 3.08. The van der Waals surface area contributed by atoms with Crippen molar-refractivity contribution in [2.24, 2.45) is 11.8 Å². The first-order valence-corrected chi connectivity index (χ1v) is 9.31. The summed E-state index contributed by atoms with van der Waals surface area (Å²) in [6.45, 7) is 9.37. The van der Waals surface area contributed by atoms with E-state index in [1.165, 1.54) is 64.2 Å². The zero-order valence-corrected chi connectivity index (χ0v) is 15.0. The fourth-order valence-corrected chi connectivity index (χ4v) is 2.51. The molecule has 0 atom stereocenters. The number of carbonyl (C=O) groups excluding carboxylic acids is 1. The molecule has 2 nitrogen and oxygen atoms in total. The highest BCUT2D eigenvalue weighted by atomic mass is 16.1. The fourth-order valence-electron chi connectivity index (χ4n) is 2.51. The Morgan fingerprint density at radius 3 is 1.57 bits per heavy atom. The van der Waals surface area contributed by atoms with Crippen LogP contribution in [-0.2, 0) is 4.79 Å². The molecule has 0 radical (unpaired) electrons. The first-order valence-electron chi connectivity index (χ1n) is 9.31. The van der Waals surface area contributed by atoms with Crippen LogP contribution in [0.3, 0.4) is 0 Å². The molecule has 0 aliphatic carbocycles. The highest BCUT2D eigenvalue weighted by molar-refractivity contribution is 5.77. The molecule has 1 N–H and O–H groups in total. The van der Waals surface area contributed by atoms with Crippen molar-refractivity contribution >= 4 is 5.91 Å². The second kappa shape index (κ2) is 14.4. The maximum atomic E-state index is 11.4. The summed E-state index contributed by atoms with van der Waals surface area (Å²) in [4.78, 5) is 11.4. The largest absolute Gasteiger partial charge is 0.356 e. The van der Waals surface area contributed by atoms with Crippen LogP contribution in [0, 0.1) is 11.8 Å². The molecule has 0 saturated carbocycles. The normalized spacial score (nSPS) is 11.3. The monoisotopic (exact) mass is 297 g/mol. The van der Waals surface area contributed by atoms with Crippen molar-refractivity contribution in [3.05, 3.63) is 0 Å². The molecule has 0 aromatic heterocycles. The summed E-state index contributed by atoms with van der Waals surface area (Å²) in [5, 5.41) is 2.98. The lowest BCUT2D eigenvalue weighted by atomic mass is 10.0. The molecule has 0 saturated heterocycles. The number of unbranched alkanes of at least 4 members (excludes halogenated alkanes) is 9. The van der Waals surface area contributed by atoms with Crippen LogP contribution in [0.15, 0.2) is 0 Å². The lowest BCUT2D eigenvalue weighted by Crippen LogP contribution is -2.28. The van der Waals surface area contributed by atoms with Crippen LogP contribution in [0.5, 0.6) is 0 Å². The average Bonchev–Trinajstić information content (AvgIpc) is 2.43. The number of rotatable bonds is 14. The summed E-state index contributed by atoms with van der Waals surface area (Å²) in [7, 11) is 0. The van der Waals surface area contributed by atoms with Crippen LogP contribution in [-0.4, -0.2) is 12.5 Å².